The molecule has 0 saturated carbocycles. The number of nitrogens with two attached hydrogens (primary N) is 1. The molecule has 2 aliphatic rings. The molecule has 1 amide bonds. The standard InChI is InChI=1S/C25H25F2N7O3/c1-15-13-29-23(30-17-7-8-21-22(10-17)37-25(26,27)36-21)11-20(15)34-14-19(32-33-34)24(35)31-18(12-28)9-16-5-3-2-4-6-16/h2-8,10-11,13-14,18,21-22H,9,12,28H2,1H3,(H,29,30)(H,31,35). The maximum atomic E-state index is 13.3. The van der Waals surface area contributed by atoms with E-state index in [0.717, 1.165) is 11.1 Å². The van der Waals surface area contributed by atoms with Gasteiger partial charge in [-0.3, -0.25) is 14.3 Å². The first-order valence-corrected chi connectivity index (χ1v) is 11.6. The second-order valence-corrected chi connectivity index (χ2v) is 8.73. The third kappa shape index (κ3) is 5.71. The minimum Gasteiger partial charge on any atom is -0.346 e. The molecule has 1 aliphatic carbocycles. The van der Waals surface area contributed by atoms with Crippen LogP contribution in [0.25, 0.3) is 5.69 Å². The summed E-state index contributed by atoms with van der Waals surface area (Å²) in [5.41, 5.74) is 9.01. The molecule has 1 aromatic carbocycles. The summed E-state index contributed by atoms with van der Waals surface area (Å²) in [6.07, 6.45) is 2.98. The Kier molecular flexibility index (Phi) is 6.78. The molecule has 37 heavy (non-hydrogen) atoms. The number of allylic oxidation sites excluding steroid dienone is 1. The van der Waals surface area contributed by atoms with Gasteiger partial charge in [0.25, 0.3) is 5.91 Å². The minimum absolute atomic E-state index is 0.139. The van der Waals surface area contributed by atoms with Crippen molar-refractivity contribution in [2.24, 2.45) is 5.73 Å². The van der Waals surface area contributed by atoms with Crippen LogP contribution in [0.5, 0.6) is 0 Å². The molecule has 192 valence electrons. The van der Waals surface area contributed by atoms with Crippen molar-refractivity contribution in [1.82, 2.24) is 25.3 Å². The predicted octanol–water partition coefficient (Wildman–Crippen LogP) is 2.47. The van der Waals surface area contributed by atoms with Gasteiger partial charge >= 0.3 is 6.29 Å². The molecule has 4 N–H and O–H groups in total. The first kappa shape index (κ1) is 24.7. The number of carbonyl (C=O) groups is 1. The Hall–Kier alpha value is -4.00. The van der Waals surface area contributed by atoms with Gasteiger partial charge in [-0.05, 0) is 36.6 Å². The van der Waals surface area contributed by atoms with Crippen LogP contribution in [-0.2, 0) is 15.9 Å². The normalized spacial score (nSPS) is 20.7. The zero-order valence-electron chi connectivity index (χ0n) is 19.8. The summed E-state index contributed by atoms with van der Waals surface area (Å²) in [5, 5.41) is 14.1. The Morgan fingerprint density at radius 2 is 2.03 bits per heavy atom. The van der Waals surface area contributed by atoms with Crippen molar-refractivity contribution in [1.29, 1.82) is 0 Å². The molecule has 1 fully saturated rings. The quantitative estimate of drug-likeness (QED) is 0.422. The number of amides is 1. The molecule has 2 aromatic heterocycles. The van der Waals surface area contributed by atoms with Gasteiger partial charge < -0.3 is 16.4 Å². The summed E-state index contributed by atoms with van der Waals surface area (Å²) in [5.74, 6) is 0.0542. The number of hydrogen-bond acceptors (Lipinski definition) is 8. The molecule has 0 radical (unpaired) electrons. The van der Waals surface area contributed by atoms with Crippen LogP contribution < -0.4 is 16.4 Å². The van der Waals surface area contributed by atoms with Gasteiger partial charge in [0.1, 0.15) is 18.0 Å². The van der Waals surface area contributed by atoms with Crippen molar-refractivity contribution in [3.63, 3.8) is 0 Å². The number of rotatable bonds is 8. The smallest absolute Gasteiger partial charge is 0.346 e. The van der Waals surface area contributed by atoms with Crippen LogP contribution in [0.3, 0.4) is 0 Å². The fraction of sp³-hybridized carbons (Fsp3) is 0.280. The second kappa shape index (κ2) is 10.2. The molecule has 1 aliphatic heterocycles. The summed E-state index contributed by atoms with van der Waals surface area (Å²) in [4.78, 5) is 17.1. The maximum absolute atomic E-state index is 13.3. The summed E-state index contributed by atoms with van der Waals surface area (Å²) in [6.45, 7) is 2.11. The summed E-state index contributed by atoms with van der Waals surface area (Å²) < 4.78 is 37.3. The van der Waals surface area contributed by atoms with E-state index in [9.17, 15) is 13.6 Å². The highest BCUT2D eigenvalue weighted by Crippen LogP contribution is 2.35. The number of alkyl halides is 2. The van der Waals surface area contributed by atoms with Gasteiger partial charge in [0.05, 0.1) is 11.9 Å². The number of hydrogen-bond donors (Lipinski definition) is 3. The van der Waals surface area contributed by atoms with Gasteiger partial charge in [0.15, 0.2) is 5.69 Å². The molecule has 10 nitrogen and oxygen atoms in total. The van der Waals surface area contributed by atoms with E-state index >= 15 is 0 Å². The lowest BCUT2D eigenvalue weighted by molar-refractivity contribution is -0.347. The first-order valence-electron chi connectivity index (χ1n) is 11.6. The van der Waals surface area contributed by atoms with Crippen molar-refractivity contribution in [3.8, 4) is 5.69 Å². The van der Waals surface area contributed by atoms with Gasteiger partial charge in [0, 0.05) is 30.5 Å². The highest BCUT2D eigenvalue weighted by molar-refractivity contribution is 5.92. The number of aryl methyl sites for hydroxylation is 1. The van der Waals surface area contributed by atoms with Crippen LogP contribution in [-0.4, -0.2) is 57.0 Å². The van der Waals surface area contributed by atoms with Gasteiger partial charge in [-0.1, -0.05) is 41.6 Å². The number of nitrogens with zero attached hydrogens (tertiary/aromatic N) is 4. The van der Waals surface area contributed by atoms with Crippen LogP contribution >= 0.6 is 0 Å². The van der Waals surface area contributed by atoms with E-state index in [1.807, 2.05) is 37.3 Å². The minimum atomic E-state index is -3.62. The molecule has 5 rings (SSSR count). The number of ether oxygens (including phenoxy) is 2. The number of fused-ring (bicyclic) bond motifs is 1. The van der Waals surface area contributed by atoms with E-state index in [0.29, 0.717) is 23.6 Å². The van der Waals surface area contributed by atoms with Crippen LogP contribution in [0, 0.1) is 6.92 Å². The summed E-state index contributed by atoms with van der Waals surface area (Å²) in [6, 6.07) is 11.2. The van der Waals surface area contributed by atoms with E-state index in [4.69, 9.17) is 5.73 Å². The van der Waals surface area contributed by atoms with E-state index in [1.165, 1.54) is 23.0 Å². The predicted molar refractivity (Wildman–Crippen MR) is 130 cm³/mol. The molecule has 3 heterocycles. The van der Waals surface area contributed by atoms with Crippen LogP contribution in [0.1, 0.15) is 21.6 Å². The number of benzene rings is 1. The molecule has 0 bridgehead atoms. The number of nitrogens with one attached hydrogen (secondary N) is 2. The average molecular weight is 510 g/mol. The zero-order valence-corrected chi connectivity index (χ0v) is 19.8. The van der Waals surface area contributed by atoms with E-state index < -0.39 is 18.5 Å². The Bertz CT molecular complexity index is 1340. The topological polar surface area (TPSA) is 129 Å². The molecular weight excluding hydrogens is 484 g/mol. The number of aromatic nitrogens is 4. The van der Waals surface area contributed by atoms with Crippen molar-refractivity contribution in [2.45, 2.75) is 37.9 Å². The summed E-state index contributed by atoms with van der Waals surface area (Å²) >= 11 is 0. The molecular formula is C25H25F2N7O3. The van der Waals surface area contributed by atoms with Crippen LogP contribution in [0.2, 0.25) is 0 Å². The molecule has 12 heteroatoms. The molecule has 3 unspecified atom stereocenters. The van der Waals surface area contributed by atoms with Crippen molar-refractivity contribution >= 4 is 11.7 Å². The van der Waals surface area contributed by atoms with Gasteiger partial charge in [-0.25, -0.2) is 9.67 Å². The monoisotopic (exact) mass is 509 g/mol. The van der Waals surface area contributed by atoms with Gasteiger partial charge in [-0.15, -0.1) is 13.9 Å². The van der Waals surface area contributed by atoms with E-state index in [1.54, 1.807) is 18.3 Å². The Morgan fingerprint density at radius 3 is 2.81 bits per heavy atom. The molecule has 0 spiro atoms. The highest BCUT2D eigenvalue weighted by atomic mass is 19.3. The highest BCUT2D eigenvalue weighted by Gasteiger charge is 2.48. The third-order valence-corrected chi connectivity index (χ3v) is 5.94. The summed E-state index contributed by atoms with van der Waals surface area (Å²) in [7, 11) is 0. The Balaban J connectivity index is 1.27. The molecule has 3 atom stereocenters. The molecule has 1 saturated heterocycles. The second-order valence-electron chi connectivity index (χ2n) is 8.73. The average Bonchev–Trinajstić information content (AvgIpc) is 3.48. The fourth-order valence-corrected chi connectivity index (χ4v) is 4.08. The maximum Gasteiger partial charge on any atom is 0.486 e. The Morgan fingerprint density at radius 1 is 1.24 bits per heavy atom. The largest absolute Gasteiger partial charge is 0.486 e. The number of halogens is 2. The van der Waals surface area contributed by atoms with E-state index in [2.05, 4.69) is 35.4 Å². The van der Waals surface area contributed by atoms with Gasteiger partial charge in [-0.2, -0.15) is 0 Å². The zero-order chi connectivity index (χ0) is 26.0. The van der Waals surface area contributed by atoms with Crippen molar-refractivity contribution < 1.29 is 23.0 Å². The number of carbonyl (C=O) groups excluding carboxylic acids is 1. The van der Waals surface area contributed by atoms with Gasteiger partial charge in [0.2, 0.25) is 0 Å². The molecule has 3 aromatic rings. The van der Waals surface area contributed by atoms with E-state index in [-0.39, 0.29) is 24.2 Å². The number of anilines is 1. The van der Waals surface area contributed by atoms with Crippen molar-refractivity contribution in [3.05, 3.63) is 89.5 Å². The lowest BCUT2D eigenvalue weighted by Gasteiger charge is -2.17. The van der Waals surface area contributed by atoms with Crippen LogP contribution in [0.4, 0.5) is 14.6 Å². The third-order valence-electron chi connectivity index (χ3n) is 5.94. The Labute approximate surface area is 211 Å². The van der Waals surface area contributed by atoms with Crippen LogP contribution in [0.15, 0.2) is 72.7 Å². The first-order chi connectivity index (χ1) is 17.8. The number of pyridine rings is 1. The van der Waals surface area contributed by atoms with Crippen molar-refractivity contribution in [2.75, 3.05) is 11.9 Å². The lowest BCUT2D eigenvalue weighted by atomic mass is 10.1. The SMILES string of the molecule is Cc1cnc(NC2=CC3OC(F)(F)OC3C=C2)cc1-n1cc(C(=O)NC(CN)Cc2ccccc2)nn1. The fourth-order valence-electron chi connectivity index (χ4n) is 4.08. The lowest BCUT2D eigenvalue weighted by Crippen LogP contribution is -2.41.